The van der Waals surface area contributed by atoms with Crippen LogP contribution in [0, 0.1) is 5.92 Å². The summed E-state index contributed by atoms with van der Waals surface area (Å²) in [7, 11) is 0. The molecule has 156 valence electrons. The molecule has 0 saturated heterocycles. The SMILES string of the molecule is CC(N)COCC(C)CCCC(=O)CCCNCCCCCNCCN. The van der Waals surface area contributed by atoms with Crippen molar-refractivity contribution in [2.75, 3.05) is 45.9 Å². The van der Waals surface area contributed by atoms with Crippen molar-refractivity contribution in [3.63, 3.8) is 0 Å². The third kappa shape index (κ3) is 19.8. The molecule has 0 rings (SSSR count). The van der Waals surface area contributed by atoms with Crippen molar-refractivity contribution < 1.29 is 9.53 Å². The molecular formula is C20H44N4O2. The number of hydrogen-bond acceptors (Lipinski definition) is 6. The molecule has 0 aromatic heterocycles. The molecule has 0 aliphatic heterocycles. The number of nitrogens with two attached hydrogens (primary N) is 2. The lowest BCUT2D eigenvalue weighted by molar-refractivity contribution is -0.119. The van der Waals surface area contributed by atoms with Crippen molar-refractivity contribution in [3.05, 3.63) is 0 Å². The molecule has 0 aliphatic rings. The second-order valence-corrected chi connectivity index (χ2v) is 7.50. The topological polar surface area (TPSA) is 102 Å². The molecule has 6 nitrogen and oxygen atoms in total. The minimum Gasteiger partial charge on any atom is -0.380 e. The van der Waals surface area contributed by atoms with Crippen molar-refractivity contribution in [2.45, 2.75) is 71.3 Å². The molecule has 0 aliphatic carbocycles. The Morgan fingerprint density at radius 3 is 2.15 bits per heavy atom. The lowest BCUT2D eigenvalue weighted by Crippen LogP contribution is -2.23. The van der Waals surface area contributed by atoms with E-state index in [0.717, 1.165) is 52.0 Å². The zero-order valence-corrected chi connectivity index (χ0v) is 17.2. The molecule has 0 aromatic carbocycles. The van der Waals surface area contributed by atoms with Gasteiger partial charge >= 0.3 is 0 Å². The third-order valence-electron chi connectivity index (χ3n) is 4.27. The predicted molar refractivity (Wildman–Crippen MR) is 110 cm³/mol. The Morgan fingerprint density at radius 1 is 0.885 bits per heavy atom. The standard InChI is InChI=1S/C20H44N4O2/c1-18(16-26-17-19(2)22)8-6-9-20(25)10-7-14-23-12-4-3-5-13-24-15-11-21/h18-19,23-24H,3-17,21-22H2,1-2H3. The molecule has 6 heteroatoms. The highest BCUT2D eigenvalue weighted by molar-refractivity contribution is 5.78. The fourth-order valence-corrected chi connectivity index (χ4v) is 2.75. The summed E-state index contributed by atoms with van der Waals surface area (Å²) < 4.78 is 5.53. The van der Waals surface area contributed by atoms with Gasteiger partial charge in [-0.2, -0.15) is 0 Å². The minimum atomic E-state index is 0.0933. The van der Waals surface area contributed by atoms with Crippen molar-refractivity contribution in [3.8, 4) is 0 Å². The maximum Gasteiger partial charge on any atom is 0.132 e. The van der Waals surface area contributed by atoms with Crippen LogP contribution < -0.4 is 22.1 Å². The summed E-state index contributed by atoms with van der Waals surface area (Å²) >= 11 is 0. The fraction of sp³-hybridized carbons (Fsp3) is 0.950. The molecule has 0 radical (unpaired) electrons. The van der Waals surface area contributed by atoms with E-state index >= 15 is 0 Å². The molecule has 0 fully saturated rings. The Hall–Kier alpha value is -0.530. The van der Waals surface area contributed by atoms with Crippen LogP contribution in [0.2, 0.25) is 0 Å². The van der Waals surface area contributed by atoms with Crippen molar-refractivity contribution >= 4 is 5.78 Å². The maximum atomic E-state index is 11.9. The van der Waals surface area contributed by atoms with Crippen LogP contribution >= 0.6 is 0 Å². The van der Waals surface area contributed by atoms with Gasteiger partial charge in [0.05, 0.1) is 6.61 Å². The first-order chi connectivity index (χ1) is 12.6. The highest BCUT2D eigenvalue weighted by atomic mass is 16.5. The fourth-order valence-electron chi connectivity index (χ4n) is 2.75. The van der Waals surface area contributed by atoms with Gasteiger partial charge in [-0.05, 0) is 64.6 Å². The molecule has 0 saturated carbocycles. The number of ketones is 1. The third-order valence-corrected chi connectivity index (χ3v) is 4.27. The summed E-state index contributed by atoms with van der Waals surface area (Å²) in [6.07, 6.45) is 7.99. The maximum absolute atomic E-state index is 11.9. The first-order valence-electron chi connectivity index (χ1n) is 10.5. The molecule has 0 bridgehead atoms. The largest absolute Gasteiger partial charge is 0.380 e. The van der Waals surface area contributed by atoms with Gasteiger partial charge in [0.1, 0.15) is 5.78 Å². The van der Waals surface area contributed by atoms with Crippen LogP contribution in [-0.2, 0) is 9.53 Å². The van der Waals surface area contributed by atoms with Crippen molar-refractivity contribution in [2.24, 2.45) is 17.4 Å². The van der Waals surface area contributed by atoms with Gasteiger partial charge in [-0.3, -0.25) is 4.79 Å². The van der Waals surface area contributed by atoms with E-state index < -0.39 is 0 Å². The number of Topliss-reactive ketones (excluding diaryl/α,β-unsaturated/α-hetero) is 1. The quantitative estimate of drug-likeness (QED) is 0.243. The van der Waals surface area contributed by atoms with Gasteiger partial charge in [-0.1, -0.05) is 13.3 Å². The molecule has 0 aromatic rings. The number of carbonyl (C=O) groups is 1. The van der Waals surface area contributed by atoms with E-state index in [2.05, 4.69) is 17.6 Å². The number of hydrogen-bond donors (Lipinski definition) is 4. The van der Waals surface area contributed by atoms with Gasteiger partial charge in [0.2, 0.25) is 0 Å². The number of ether oxygens (including phenoxy) is 1. The summed E-state index contributed by atoms with van der Waals surface area (Å²) in [5.74, 6) is 0.884. The van der Waals surface area contributed by atoms with Gasteiger partial charge in [0.25, 0.3) is 0 Å². The number of carbonyl (C=O) groups excluding carboxylic acids is 1. The Kier molecular flexibility index (Phi) is 18.8. The molecule has 2 unspecified atom stereocenters. The average Bonchev–Trinajstić information content (AvgIpc) is 2.59. The van der Waals surface area contributed by atoms with E-state index in [0.29, 0.717) is 37.7 Å². The second kappa shape index (κ2) is 19.2. The van der Waals surface area contributed by atoms with Crippen LogP contribution in [0.15, 0.2) is 0 Å². The van der Waals surface area contributed by atoms with E-state index in [-0.39, 0.29) is 6.04 Å². The summed E-state index contributed by atoms with van der Waals surface area (Å²) in [6, 6.07) is 0.0933. The lowest BCUT2D eigenvalue weighted by atomic mass is 10.0. The minimum absolute atomic E-state index is 0.0933. The van der Waals surface area contributed by atoms with Gasteiger partial charge in [-0.25, -0.2) is 0 Å². The van der Waals surface area contributed by atoms with E-state index in [1.807, 2.05) is 6.92 Å². The van der Waals surface area contributed by atoms with E-state index in [9.17, 15) is 4.79 Å². The van der Waals surface area contributed by atoms with Gasteiger partial charge in [0.15, 0.2) is 0 Å². The first-order valence-corrected chi connectivity index (χ1v) is 10.5. The van der Waals surface area contributed by atoms with Crippen LogP contribution in [-0.4, -0.2) is 57.8 Å². The normalized spacial score (nSPS) is 13.7. The first kappa shape index (κ1) is 25.5. The molecule has 0 heterocycles. The molecule has 26 heavy (non-hydrogen) atoms. The van der Waals surface area contributed by atoms with Crippen LogP contribution in [0.25, 0.3) is 0 Å². The monoisotopic (exact) mass is 372 g/mol. The van der Waals surface area contributed by atoms with Gasteiger partial charge < -0.3 is 26.8 Å². The van der Waals surface area contributed by atoms with Gasteiger partial charge in [-0.15, -0.1) is 0 Å². The Morgan fingerprint density at radius 2 is 1.50 bits per heavy atom. The average molecular weight is 373 g/mol. The molecule has 6 N–H and O–H groups in total. The summed E-state index contributed by atoms with van der Waals surface area (Å²) in [5.41, 5.74) is 11.1. The van der Waals surface area contributed by atoms with E-state index in [4.69, 9.17) is 16.2 Å². The van der Waals surface area contributed by atoms with E-state index in [1.165, 1.54) is 19.3 Å². The predicted octanol–water partition coefficient (Wildman–Crippen LogP) is 1.81. The smallest absolute Gasteiger partial charge is 0.132 e. The van der Waals surface area contributed by atoms with Crippen LogP contribution in [0.4, 0.5) is 0 Å². The zero-order valence-electron chi connectivity index (χ0n) is 17.2. The van der Waals surface area contributed by atoms with Gasteiger partial charge in [0, 0.05) is 38.6 Å². The number of rotatable bonds is 20. The molecule has 2 atom stereocenters. The highest BCUT2D eigenvalue weighted by Gasteiger charge is 2.06. The number of unbranched alkanes of at least 4 members (excludes halogenated alkanes) is 2. The summed E-state index contributed by atoms with van der Waals surface area (Å²) in [4.78, 5) is 11.9. The van der Waals surface area contributed by atoms with Crippen LogP contribution in [0.1, 0.15) is 65.2 Å². The number of nitrogens with one attached hydrogen (secondary N) is 2. The lowest BCUT2D eigenvalue weighted by Gasteiger charge is -2.13. The highest BCUT2D eigenvalue weighted by Crippen LogP contribution is 2.10. The van der Waals surface area contributed by atoms with E-state index in [1.54, 1.807) is 0 Å². The Balaban J connectivity index is 3.29. The molecule has 0 spiro atoms. The zero-order chi connectivity index (χ0) is 19.5. The van der Waals surface area contributed by atoms with Crippen molar-refractivity contribution in [1.29, 1.82) is 0 Å². The Labute approximate surface area is 161 Å². The summed E-state index contributed by atoms with van der Waals surface area (Å²) in [5, 5.41) is 6.73. The van der Waals surface area contributed by atoms with Crippen LogP contribution in [0.5, 0.6) is 0 Å². The molecule has 0 amide bonds. The molecular weight excluding hydrogens is 328 g/mol. The Bertz CT molecular complexity index is 314. The second-order valence-electron chi connectivity index (χ2n) is 7.50. The van der Waals surface area contributed by atoms with Crippen LogP contribution in [0.3, 0.4) is 0 Å². The summed E-state index contributed by atoms with van der Waals surface area (Å²) in [6.45, 7) is 10.1. The van der Waals surface area contributed by atoms with Crippen molar-refractivity contribution in [1.82, 2.24) is 10.6 Å².